The molecule has 112 valence electrons. The molecule has 2 N–H and O–H groups in total. The fourth-order valence-corrected chi connectivity index (χ4v) is 2.27. The fraction of sp³-hybridized carbons (Fsp3) is 0.267. The zero-order valence-electron chi connectivity index (χ0n) is 11.6. The number of nitrogens with zero attached hydrogens (tertiary/aromatic N) is 1. The second kappa shape index (κ2) is 7.48. The van der Waals surface area contributed by atoms with E-state index in [2.05, 4.69) is 15.6 Å². The van der Waals surface area contributed by atoms with E-state index in [1.54, 1.807) is 24.3 Å². The zero-order chi connectivity index (χ0) is 15.2. The molecule has 0 aliphatic carbocycles. The number of rotatable bonds is 6. The Balaban J connectivity index is 2.14. The topological polar surface area (TPSA) is 37.0 Å². The van der Waals surface area contributed by atoms with Gasteiger partial charge >= 0.3 is 0 Å². The number of hydrogen-bond acceptors (Lipinski definition) is 3. The van der Waals surface area contributed by atoms with Crippen molar-refractivity contribution in [3.63, 3.8) is 0 Å². The second-order valence-electron chi connectivity index (χ2n) is 4.52. The standard InChI is InChI=1S/C15H16Cl2FN3/c1-2-7-19-14-11(16)8-12(17)15(21-14)20-9-10-5-3-4-6-13(10)18/h3-6,8H,2,7,9H2,1H3,(H2,19,20,21). The van der Waals surface area contributed by atoms with Crippen LogP contribution in [-0.4, -0.2) is 11.5 Å². The van der Waals surface area contributed by atoms with Crippen LogP contribution < -0.4 is 10.6 Å². The van der Waals surface area contributed by atoms with Gasteiger partial charge in [-0.05, 0) is 18.6 Å². The van der Waals surface area contributed by atoms with Gasteiger partial charge in [0.15, 0.2) is 0 Å². The molecule has 0 radical (unpaired) electrons. The Hall–Kier alpha value is -1.52. The summed E-state index contributed by atoms with van der Waals surface area (Å²) >= 11 is 12.2. The molecule has 0 spiro atoms. The van der Waals surface area contributed by atoms with Gasteiger partial charge in [-0.2, -0.15) is 0 Å². The minimum Gasteiger partial charge on any atom is -0.369 e. The van der Waals surface area contributed by atoms with Crippen molar-refractivity contribution in [3.05, 3.63) is 51.8 Å². The first kappa shape index (κ1) is 15.9. The van der Waals surface area contributed by atoms with E-state index in [0.717, 1.165) is 13.0 Å². The van der Waals surface area contributed by atoms with Gasteiger partial charge in [0, 0.05) is 18.7 Å². The Morgan fingerprint density at radius 3 is 2.43 bits per heavy atom. The van der Waals surface area contributed by atoms with Crippen LogP contribution in [0, 0.1) is 5.82 Å². The average molecular weight is 328 g/mol. The van der Waals surface area contributed by atoms with Crippen LogP contribution in [0.1, 0.15) is 18.9 Å². The molecule has 1 aromatic carbocycles. The van der Waals surface area contributed by atoms with Crippen molar-refractivity contribution in [1.82, 2.24) is 4.98 Å². The number of halogens is 3. The fourth-order valence-electron chi connectivity index (χ4n) is 1.78. The van der Waals surface area contributed by atoms with Crippen LogP contribution in [0.2, 0.25) is 10.0 Å². The first-order valence-corrected chi connectivity index (χ1v) is 7.44. The summed E-state index contributed by atoms with van der Waals surface area (Å²) in [5, 5.41) is 7.02. The largest absolute Gasteiger partial charge is 0.369 e. The Kier molecular flexibility index (Phi) is 5.65. The van der Waals surface area contributed by atoms with Crippen LogP contribution in [0.25, 0.3) is 0 Å². The molecule has 6 heteroatoms. The normalized spacial score (nSPS) is 10.5. The lowest BCUT2D eigenvalue weighted by Crippen LogP contribution is -2.07. The van der Waals surface area contributed by atoms with E-state index in [-0.39, 0.29) is 5.82 Å². The lowest BCUT2D eigenvalue weighted by atomic mass is 10.2. The maximum Gasteiger partial charge on any atom is 0.147 e. The molecule has 0 aliphatic heterocycles. The van der Waals surface area contributed by atoms with Gasteiger partial charge in [-0.3, -0.25) is 0 Å². The van der Waals surface area contributed by atoms with Crippen LogP contribution >= 0.6 is 23.2 Å². The van der Waals surface area contributed by atoms with Crippen LogP contribution in [0.3, 0.4) is 0 Å². The van der Waals surface area contributed by atoms with E-state index < -0.39 is 0 Å². The van der Waals surface area contributed by atoms with Crippen LogP contribution in [-0.2, 0) is 6.54 Å². The number of hydrogen-bond donors (Lipinski definition) is 2. The molecule has 3 nitrogen and oxygen atoms in total. The van der Waals surface area contributed by atoms with E-state index in [1.165, 1.54) is 6.07 Å². The van der Waals surface area contributed by atoms with Crippen LogP contribution in [0.4, 0.5) is 16.0 Å². The molecule has 0 unspecified atom stereocenters. The van der Waals surface area contributed by atoms with E-state index >= 15 is 0 Å². The number of anilines is 2. The SMILES string of the molecule is CCCNc1nc(NCc2ccccc2F)c(Cl)cc1Cl. The molecule has 0 atom stereocenters. The molecular formula is C15H16Cl2FN3. The monoisotopic (exact) mass is 327 g/mol. The molecule has 1 heterocycles. The molecule has 2 aromatic rings. The summed E-state index contributed by atoms with van der Waals surface area (Å²) in [4.78, 5) is 4.35. The molecule has 2 rings (SSSR count). The number of aromatic nitrogens is 1. The summed E-state index contributed by atoms with van der Waals surface area (Å²) in [6.07, 6.45) is 0.957. The van der Waals surface area contributed by atoms with Crippen molar-refractivity contribution in [2.24, 2.45) is 0 Å². The summed E-state index contributed by atoms with van der Waals surface area (Å²) in [6, 6.07) is 8.19. The molecule has 0 bridgehead atoms. The van der Waals surface area contributed by atoms with Gasteiger partial charge in [0.2, 0.25) is 0 Å². The van der Waals surface area contributed by atoms with Gasteiger partial charge < -0.3 is 10.6 Å². The van der Waals surface area contributed by atoms with Crippen molar-refractivity contribution in [2.75, 3.05) is 17.2 Å². The summed E-state index contributed by atoms with van der Waals surface area (Å²) in [5.74, 6) is 0.779. The first-order valence-electron chi connectivity index (χ1n) is 6.69. The number of benzene rings is 1. The van der Waals surface area contributed by atoms with Crippen LogP contribution in [0.5, 0.6) is 0 Å². The van der Waals surface area contributed by atoms with Crippen molar-refractivity contribution >= 4 is 34.8 Å². The molecule has 0 saturated carbocycles. The van der Waals surface area contributed by atoms with Gasteiger partial charge in [-0.15, -0.1) is 0 Å². The smallest absolute Gasteiger partial charge is 0.147 e. The van der Waals surface area contributed by atoms with E-state index in [4.69, 9.17) is 23.2 Å². The molecule has 0 amide bonds. The second-order valence-corrected chi connectivity index (χ2v) is 5.34. The van der Waals surface area contributed by atoms with Gasteiger partial charge in [-0.1, -0.05) is 48.3 Å². The van der Waals surface area contributed by atoms with Crippen molar-refractivity contribution in [2.45, 2.75) is 19.9 Å². The Labute approximate surface area is 133 Å². The highest BCUT2D eigenvalue weighted by Crippen LogP contribution is 2.29. The molecular weight excluding hydrogens is 312 g/mol. The highest BCUT2D eigenvalue weighted by molar-refractivity contribution is 6.37. The van der Waals surface area contributed by atoms with E-state index in [9.17, 15) is 4.39 Å². The predicted molar refractivity (Wildman–Crippen MR) is 86.8 cm³/mol. The van der Waals surface area contributed by atoms with Crippen molar-refractivity contribution in [1.29, 1.82) is 0 Å². The summed E-state index contributed by atoms with van der Waals surface area (Å²) < 4.78 is 13.6. The Morgan fingerprint density at radius 1 is 1.10 bits per heavy atom. The number of pyridine rings is 1. The molecule has 0 aliphatic rings. The third-order valence-electron chi connectivity index (χ3n) is 2.88. The molecule has 21 heavy (non-hydrogen) atoms. The van der Waals surface area contributed by atoms with E-state index in [1.807, 2.05) is 6.92 Å². The summed E-state index contributed by atoms with van der Waals surface area (Å²) in [7, 11) is 0. The average Bonchev–Trinajstić information content (AvgIpc) is 2.47. The predicted octanol–water partition coefficient (Wildman–Crippen LogP) is 4.96. The number of nitrogens with one attached hydrogen (secondary N) is 2. The van der Waals surface area contributed by atoms with Gasteiger partial charge in [0.25, 0.3) is 0 Å². The minimum atomic E-state index is -0.264. The lowest BCUT2D eigenvalue weighted by Gasteiger charge is -2.12. The molecule has 1 aromatic heterocycles. The Morgan fingerprint density at radius 2 is 1.76 bits per heavy atom. The molecule has 0 saturated heterocycles. The summed E-state index contributed by atoms with van der Waals surface area (Å²) in [5.41, 5.74) is 0.549. The third-order valence-corrected chi connectivity index (χ3v) is 3.45. The van der Waals surface area contributed by atoms with Crippen molar-refractivity contribution in [3.8, 4) is 0 Å². The molecule has 0 fully saturated rings. The van der Waals surface area contributed by atoms with E-state index in [0.29, 0.717) is 33.8 Å². The highest BCUT2D eigenvalue weighted by Gasteiger charge is 2.09. The van der Waals surface area contributed by atoms with Crippen LogP contribution in [0.15, 0.2) is 30.3 Å². The van der Waals surface area contributed by atoms with Crippen molar-refractivity contribution < 1.29 is 4.39 Å². The maximum absolute atomic E-state index is 13.6. The zero-order valence-corrected chi connectivity index (χ0v) is 13.1. The third kappa shape index (κ3) is 4.22. The summed E-state index contributed by atoms with van der Waals surface area (Å²) in [6.45, 7) is 3.11. The highest BCUT2D eigenvalue weighted by atomic mass is 35.5. The van der Waals surface area contributed by atoms with Gasteiger partial charge in [-0.25, -0.2) is 9.37 Å². The lowest BCUT2D eigenvalue weighted by molar-refractivity contribution is 0.613. The van der Waals surface area contributed by atoms with Gasteiger partial charge in [0.1, 0.15) is 17.5 Å². The maximum atomic E-state index is 13.6. The quantitative estimate of drug-likeness (QED) is 0.787. The van der Waals surface area contributed by atoms with Gasteiger partial charge in [0.05, 0.1) is 10.0 Å². The minimum absolute atomic E-state index is 0.264. The Bertz CT molecular complexity index is 620. The first-order chi connectivity index (χ1) is 10.1.